The molecule has 0 unspecified atom stereocenters. The molecular weight excluding hydrogens is 256 g/mol. The third-order valence-corrected chi connectivity index (χ3v) is 3.10. The zero-order valence-corrected chi connectivity index (χ0v) is 10.3. The molecule has 2 aromatic heterocycles. The molecule has 0 N–H and O–H groups in total. The summed E-state index contributed by atoms with van der Waals surface area (Å²) >= 11 is 5.86. The smallest absolute Gasteiger partial charge is 0.194 e. The Morgan fingerprint density at radius 2 is 2.11 bits per heavy atom. The lowest BCUT2D eigenvalue weighted by Gasteiger charge is -2.28. The van der Waals surface area contributed by atoms with Crippen molar-refractivity contribution in [2.24, 2.45) is 0 Å². The molecule has 18 heavy (non-hydrogen) atoms. The van der Waals surface area contributed by atoms with Crippen LogP contribution in [0.15, 0.2) is 16.5 Å². The van der Waals surface area contributed by atoms with Crippen LogP contribution in [0.2, 0.25) is 5.22 Å². The fourth-order valence-corrected chi connectivity index (χ4v) is 2.27. The van der Waals surface area contributed by atoms with Gasteiger partial charge in [0.15, 0.2) is 11.5 Å². The molecule has 0 aliphatic carbocycles. The van der Waals surface area contributed by atoms with Crippen molar-refractivity contribution in [2.45, 2.75) is 0 Å². The van der Waals surface area contributed by atoms with E-state index in [0.717, 1.165) is 24.3 Å². The summed E-state index contributed by atoms with van der Waals surface area (Å²) in [6.07, 6.45) is 0.708. The maximum Gasteiger partial charge on any atom is 0.194 e. The van der Waals surface area contributed by atoms with Crippen LogP contribution in [0.4, 0.5) is 5.82 Å². The predicted molar refractivity (Wildman–Crippen MR) is 67.4 cm³/mol. The first-order valence-corrected chi connectivity index (χ1v) is 6.03. The van der Waals surface area contributed by atoms with E-state index in [0.29, 0.717) is 36.0 Å². The number of carbonyl (C=O) groups excluding carboxylic acids is 1. The molecule has 2 aromatic rings. The van der Waals surface area contributed by atoms with Crippen molar-refractivity contribution in [1.82, 2.24) is 4.98 Å². The molecule has 94 valence electrons. The highest BCUT2D eigenvalue weighted by atomic mass is 35.5. The van der Waals surface area contributed by atoms with Crippen LogP contribution in [0.1, 0.15) is 10.5 Å². The predicted octanol–water partition coefficient (Wildman–Crippen LogP) is 2.13. The summed E-state index contributed by atoms with van der Waals surface area (Å²) in [5.41, 5.74) is 0.925. The van der Waals surface area contributed by atoms with Crippen LogP contribution in [0.3, 0.4) is 0 Å². The second kappa shape index (κ2) is 4.59. The van der Waals surface area contributed by atoms with Gasteiger partial charge in [0, 0.05) is 25.2 Å². The van der Waals surface area contributed by atoms with E-state index in [-0.39, 0.29) is 0 Å². The molecule has 1 aliphatic rings. The normalized spacial score (nSPS) is 16.2. The van der Waals surface area contributed by atoms with Gasteiger partial charge in [-0.1, -0.05) is 0 Å². The Kier molecular flexibility index (Phi) is 2.93. The average molecular weight is 267 g/mol. The van der Waals surface area contributed by atoms with E-state index < -0.39 is 0 Å². The van der Waals surface area contributed by atoms with Gasteiger partial charge in [0.25, 0.3) is 0 Å². The van der Waals surface area contributed by atoms with Crippen LogP contribution >= 0.6 is 11.6 Å². The number of aldehydes is 1. The molecular formula is C12H11ClN2O3. The van der Waals surface area contributed by atoms with Gasteiger partial charge in [0.2, 0.25) is 0 Å². The minimum absolute atomic E-state index is 0.296. The minimum Gasteiger partial charge on any atom is -0.444 e. The van der Waals surface area contributed by atoms with Crippen molar-refractivity contribution in [3.63, 3.8) is 0 Å². The fourth-order valence-electron chi connectivity index (χ4n) is 2.08. The quantitative estimate of drug-likeness (QED) is 0.780. The monoisotopic (exact) mass is 266 g/mol. The van der Waals surface area contributed by atoms with Crippen molar-refractivity contribution in [1.29, 1.82) is 0 Å². The van der Waals surface area contributed by atoms with E-state index in [2.05, 4.69) is 9.88 Å². The fraction of sp³-hybridized carbons (Fsp3) is 0.333. The largest absolute Gasteiger partial charge is 0.444 e. The Bertz CT molecular complexity index is 590. The van der Waals surface area contributed by atoms with Crippen LogP contribution < -0.4 is 4.90 Å². The van der Waals surface area contributed by atoms with Crippen LogP contribution in [0.5, 0.6) is 0 Å². The molecule has 6 heteroatoms. The van der Waals surface area contributed by atoms with E-state index in [4.69, 9.17) is 20.8 Å². The van der Waals surface area contributed by atoms with Gasteiger partial charge in [-0.25, -0.2) is 4.98 Å². The third-order valence-electron chi connectivity index (χ3n) is 2.92. The van der Waals surface area contributed by atoms with Crippen LogP contribution in [-0.2, 0) is 4.74 Å². The highest BCUT2D eigenvalue weighted by Crippen LogP contribution is 2.31. The molecule has 3 heterocycles. The molecule has 0 atom stereocenters. The lowest BCUT2D eigenvalue weighted by Crippen LogP contribution is -2.37. The van der Waals surface area contributed by atoms with E-state index in [9.17, 15) is 4.79 Å². The van der Waals surface area contributed by atoms with Gasteiger partial charge >= 0.3 is 0 Å². The van der Waals surface area contributed by atoms with E-state index in [1.807, 2.05) is 0 Å². The van der Waals surface area contributed by atoms with Crippen molar-refractivity contribution in [3.05, 3.63) is 23.0 Å². The number of hydrogen-bond donors (Lipinski definition) is 0. The number of furan rings is 1. The molecule has 1 aliphatic heterocycles. The average Bonchev–Trinajstić information content (AvgIpc) is 2.78. The lowest BCUT2D eigenvalue weighted by atomic mass is 10.2. The molecule has 0 saturated carbocycles. The minimum atomic E-state index is 0.296. The van der Waals surface area contributed by atoms with Gasteiger partial charge in [0.1, 0.15) is 17.1 Å². The number of morpholine rings is 1. The molecule has 3 rings (SSSR count). The van der Waals surface area contributed by atoms with E-state index in [1.54, 1.807) is 12.1 Å². The Hall–Kier alpha value is -1.59. The summed E-state index contributed by atoms with van der Waals surface area (Å²) in [4.78, 5) is 17.3. The first-order chi connectivity index (χ1) is 8.78. The van der Waals surface area contributed by atoms with Crippen LogP contribution in [-0.4, -0.2) is 37.6 Å². The first kappa shape index (κ1) is 11.5. The van der Waals surface area contributed by atoms with Gasteiger partial charge in [-0.05, 0) is 11.6 Å². The van der Waals surface area contributed by atoms with E-state index >= 15 is 0 Å². The number of halogens is 1. The second-order valence-corrected chi connectivity index (χ2v) is 4.42. The topological polar surface area (TPSA) is 55.6 Å². The van der Waals surface area contributed by atoms with Gasteiger partial charge in [-0.3, -0.25) is 4.79 Å². The van der Waals surface area contributed by atoms with E-state index in [1.165, 1.54) is 0 Å². The number of anilines is 1. The molecule has 1 saturated heterocycles. The number of carbonyl (C=O) groups is 1. The molecule has 1 fully saturated rings. The molecule has 0 spiro atoms. The maximum absolute atomic E-state index is 10.9. The van der Waals surface area contributed by atoms with Crippen LogP contribution in [0, 0.1) is 0 Å². The van der Waals surface area contributed by atoms with Crippen LogP contribution in [0.25, 0.3) is 11.0 Å². The summed E-state index contributed by atoms with van der Waals surface area (Å²) in [7, 11) is 0. The number of hydrogen-bond acceptors (Lipinski definition) is 5. The highest BCUT2D eigenvalue weighted by molar-refractivity contribution is 6.30. The highest BCUT2D eigenvalue weighted by Gasteiger charge is 2.18. The Morgan fingerprint density at radius 3 is 2.83 bits per heavy atom. The van der Waals surface area contributed by atoms with Gasteiger partial charge in [0.05, 0.1) is 18.6 Å². The number of rotatable bonds is 2. The van der Waals surface area contributed by atoms with Gasteiger partial charge in [-0.2, -0.15) is 0 Å². The molecule has 0 amide bonds. The molecule has 5 nitrogen and oxygen atoms in total. The maximum atomic E-state index is 10.9. The van der Waals surface area contributed by atoms with Crippen molar-refractivity contribution < 1.29 is 13.9 Å². The zero-order valence-electron chi connectivity index (χ0n) is 9.56. The summed E-state index contributed by atoms with van der Waals surface area (Å²) in [6.45, 7) is 2.79. The molecule has 0 bridgehead atoms. The number of nitrogens with zero attached hydrogens (tertiary/aromatic N) is 2. The molecule has 0 aromatic carbocycles. The summed E-state index contributed by atoms with van der Waals surface area (Å²) < 4.78 is 10.7. The third kappa shape index (κ3) is 1.95. The zero-order chi connectivity index (χ0) is 12.5. The Balaban J connectivity index is 2.15. The second-order valence-electron chi connectivity index (χ2n) is 4.05. The van der Waals surface area contributed by atoms with Gasteiger partial charge in [-0.15, -0.1) is 0 Å². The van der Waals surface area contributed by atoms with Crippen molar-refractivity contribution in [3.8, 4) is 0 Å². The summed E-state index contributed by atoms with van der Waals surface area (Å²) in [5, 5.41) is 1.12. The SMILES string of the molecule is O=Cc1cc2oc(Cl)cc2c(N2CCOCC2)n1. The van der Waals surface area contributed by atoms with Gasteiger partial charge < -0.3 is 14.1 Å². The summed E-state index contributed by atoms with van der Waals surface area (Å²) in [5.74, 6) is 0.730. The number of aromatic nitrogens is 1. The standard InChI is InChI=1S/C12H11ClN2O3/c13-11-6-9-10(18-11)5-8(7-16)14-12(9)15-1-3-17-4-2-15/h5-7H,1-4H2. The number of fused-ring (bicyclic) bond motifs is 1. The van der Waals surface area contributed by atoms with Crippen molar-refractivity contribution >= 4 is 34.7 Å². The number of pyridine rings is 1. The summed E-state index contributed by atoms with van der Waals surface area (Å²) in [6, 6.07) is 3.32. The Labute approximate surface area is 108 Å². The first-order valence-electron chi connectivity index (χ1n) is 5.66. The molecule has 0 radical (unpaired) electrons. The van der Waals surface area contributed by atoms with Crippen molar-refractivity contribution in [2.75, 3.05) is 31.2 Å². The Morgan fingerprint density at radius 1 is 1.33 bits per heavy atom. The number of ether oxygens (including phenoxy) is 1. The lowest BCUT2D eigenvalue weighted by molar-refractivity contribution is 0.111.